The van der Waals surface area contributed by atoms with Gasteiger partial charge in [-0.2, -0.15) is 0 Å². The molecule has 0 spiro atoms. The van der Waals surface area contributed by atoms with Gasteiger partial charge in [-0.15, -0.1) is 0 Å². The van der Waals surface area contributed by atoms with Crippen molar-refractivity contribution in [2.45, 2.75) is 10.6 Å². The molecule has 112 valence electrons. The van der Waals surface area contributed by atoms with Crippen molar-refractivity contribution < 1.29 is 0 Å². The quantitative estimate of drug-likeness (QED) is 0.427. The Morgan fingerprint density at radius 2 is 0.913 bits per heavy atom. The zero-order chi connectivity index (χ0) is 15.5. The number of hydrogen-bond acceptors (Lipinski definition) is 0. The van der Waals surface area contributed by atoms with Crippen molar-refractivity contribution in [2.75, 3.05) is 0 Å². The first-order valence-corrected chi connectivity index (χ1v) is 10.3. The third-order valence-electron chi connectivity index (χ3n) is 4.28. The summed E-state index contributed by atoms with van der Waals surface area (Å²) in [4.78, 5) is 0. The summed E-state index contributed by atoms with van der Waals surface area (Å²) in [7, 11) is 0. The molecule has 4 rings (SSSR count). The van der Waals surface area contributed by atoms with Crippen molar-refractivity contribution in [1.29, 1.82) is 0 Å². The standard InChI is InChI=1S/C22H18Se/c1-3-13-21-17(7-1)9-5-11-19(21)15-23-16-20-12-6-10-18-8-2-4-14-22(18)20/h1-14H,15-16H2. The van der Waals surface area contributed by atoms with Crippen molar-refractivity contribution in [2.24, 2.45) is 0 Å². The van der Waals surface area contributed by atoms with Crippen LogP contribution in [0.4, 0.5) is 0 Å². The zero-order valence-corrected chi connectivity index (χ0v) is 14.6. The van der Waals surface area contributed by atoms with Crippen LogP contribution in [0.5, 0.6) is 0 Å². The molecule has 0 aliphatic heterocycles. The zero-order valence-electron chi connectivity index (χ0n) is 12.9. The minimum atomic E-state index is 0.578. The first-order valence-electron chi connectivity index (χ1n) is 7.93. The van der Waals surface area contributed by atoms with Crippen LogP contribution in [0.1, 0.15) is 11.1 Å². The molecule has 0 heterocycles. The summed E-state index contributed by atoms with van der Waals surface area (Å²) in [5.74, 6) is 0. The molecule has 1 heteroatoms. The fourth-order valence-electron chi connectivity index (χ4n) is 3.11. The molecular formula is C22H18Se. The average molecular weight is 361 g/mol. The van der Waals surface area contributed by atoms with Crippen molar-refractivity contribution in [3.63, 3.8) is 0 Å². The first kappa shape index (κ1) is 14.5. The molecule has 0 unspecified atom stereocenters. The van der Waals surface area contributed by atoms with Gasteiger partial charge in [0.1, 0.15) is 0 Å². The molecule has 0 bridgehead atoms. The molecule has 0 radical (unpaired) electrons. The Hall–Kier alpha value is -2.08. The maximum absolute atomic E-state index is 2.28. The molecular weight excluding hydrogens is 343 g/mol. The van der Waals surface area contributed by atoms with E-state index in [-0.39, 0.29) is 0 Å². The third-order valence-corrected chi connectivity index (χ3v) is 6.44. The van der Waals surface area contributed by atoms with E-state index >= 15 is 0 Å². The van der Waals surface area contributed by atoms with Crippen molar-refractivity contribution in [3.8, 4) is 0 Å². The molecule has 0 nitrogen and oxygen atoms in total. The van der Waals surface area contributed by atoms with Crippen LogP contribution in [0.3, 0.4) is 0 Å². The maximum atomic E-state index is 2.28. The molecule has 0 atom stereocenters. The van der Waals surface area contributed by atoms with E-state index in [1.807, 2.05) is 0 Å². The Kier molecular flexibility index (Phi) is 4.15. The van der Waals surface area contributed by atoms with Crippen LogP contribution in [-0.2, 0) is 10.6 Å². The molecule has 23 heavy (non-hydrogen) atoms. The van der Waals surface area contributed by atoms with E-state index < -0.39 is 0 Å². The number of hydrogen-bond donors (Lipinski definition) is 0. The van der Waals surface area contributed by atoms with Gasteiger partial charge in [0.2, 0.25) is 0 Å². The van der Waals surface area contributed by atoms with Gasteiger partial charge in [-0.05, 0) is 0 Å². The Bertz CT molecular complexity index is 866. The monoisotopic (exact) mass is 362 g/mol. The molecule has 0 aliphatic carbocycles. The van der Waals surface area contributed by atoms with Crippen LogP contribution in [0.2, 0.25) is 0 Å². The Morgan fingerprint density at radius 1 is 0.478 bits per heavy atom. The predicted octanol–water partition coefficient (Wildman–Crippen LogP) is 5.40. The van der Waals surface area contributed by atoms with Crippen LogP contribution in [-0.4, -0.2) is 15.0 Å². The normalized spacial score (nSPS) is 11.1. The molecule has 4 aromatic rings. The Labute approximate surface area is 143 Å². The topological polar surface area (TPSA) is 0 Å². The molecule has 0 aliphatic rings. The number of rotatable bonds is 4. The fourth-order valence-corrected chi connectivity index (χ4v) is 5.30. The second-order valence-corrected chi connectivity index (χ2v) is 7.84. The van der Waals surface area contributed by atoms with Crippen LogP contribution in [0, 0.1) is 0 Å². The first-order chi connectivity index (χ1) is 11.4. The molecule has 0 aromatic heterocycles. The third kappa shape index (κ3) is 3.03. The Morgan fingerprint density at radius 3 is 1.43 bits per heavy atom. The average Bonchev–Trinajstić information content (AvgIpc) is 2.62. The van der Waals surface area contributed by atoms with Gasteiger partial charge < -0.3 is 0 Å². The van der Waals surface area contributed by atoms with E-state index in [0.29, 0.717) is 15.0 Å². The van der Waals surface area contributed by atoms with E-state index in [4.69, 9.17) is 0 Å². The van der Waals surface area contributed by atoms with Gasteiger partial charge in [-0.1, -0.05) is 0 Å². The second kappa shape index (κ2) is 6.58. The molecule has 0 saturated carbocycles. The van der Waals surface area contributed by atoms with E-state index in [9.17, 15) is 0 Å². The molecule has 4 aromatic carbocycles. The van der Waals surface area contributed by atoms with Crippen molar-refractivity contribution in [1.82, 2.24) is 0 Å². The molecule has 0 N–H and O–H groups in total. The predicted molar refractivity (Wildman–Crippen MR) is 101 cm³/mol. The van der Waals surface area contributed by atoms with Crippen LogP contribution >= 0.6 is 0 Å². The van der Waals surface area contributed by atoms with Gasteiger partial charge in [0, 0.05) is 0 Å². The SMILES string of the molecule is c1ccc2c(C[Se]Cc3cccc4ccccc34)cccc2c1. The number of benzene rings is 4. The summed E-state index contributed by atoms with van der Waals surface area (Å²) in [6.45, 7) is 0. The van der Waals surface area contributed by atoms with Gasteiger partial charge in [0.15, 0.2) is 0 Å². The van der Waals surface area contributed by atoms with Crippen LogP contribution < -0.4 is 0 Å². The van der Waals surface area contributed by atoms with E-state index in [0.717, 1.165) is 0 Å². The van der Waals surface area contributed by atoms with Crippen molar-refractivity contribution >= 4 is 36.5 Å². The summed E-state index contributed by atoms with van der Waals surface area (Å²) in [6.07, 6.45) is 0. The Balaban J connectivity index is 1.55. The van der Waals surface area contributed by atoms with Gasteiger partial charge in [-0.25, -0.2) is 0 Å². The fraction of sp³-hybridized carbons (Fsp3) is 0.0909. The van der Waals surface area contributed by atoms with Crippen LogP contribution in [0.15, 0.2) is 84.9 Å². The van der Waals surface area contributed by atoms with Crippen molar-refractivity contribution in [3.05, 3.63) is 96.1 Å². The van der Waals surface area contributed by atoms with Gasteiger partial charge in [-0.3, -0.25) is 0 Å². The summed E-state index contributed by atoms with van der Waals surface area (Å²) in [5, 5.41) is 7.91. The summed E-state index contributed by atoms with van der Waals surface area (Å²) in [6, 6.07) is 30.8. The molecule has 0 saturated heterocycles. The second-order valence-electron chi connectivity index (χ2n) is 5.77. The summed E-state index contributed by atoms with van der Waals surface area (Å²) >= 11 is 0.578. The van der Waals surface area contributed by atoms with Gasteiger partial charge in [0.05, 0.1) is 0 Å². The van der Waals surface area contributed by atoms with Gasteiger partial charge in [0.25, 0.3) is 0 Å². The molecule has 0 amide bonds. The molecule has 0 fully saturated rings. The van der Waals surface area contributed by atoms with E-state index in [2.05, 4.69) is 84.9 Å². The number of fused-ring (bicyclic) bond motifs is 2. The summed E-state index contributed by atoms with van der Waals surface area (Å²) < 4.78 is 0. The van der Waals surface area contributed by atoms with E-state index in [1.165, 1.54) is 43.3 Å². The van der Waals surface area contributed by atoms with Crippen LogP contribution in [0.25, 0.3) is 21.5 Å². The minimum absolute atomic E-state index is 0.578. The summed E-state index contributed by atoms with van der Waals surface area (Å²) in [5.41, 5.74) is 2.98. The van der Waals surface area contributed by atoms with E-state index in [1.54, 1.807) is 0 Å². The van der Waals surface area contributed by atoms with Gasteiger partial charge >= 0.3 is 143 Å².